The van der Waals surface area contributed by atoms with Crippen molar-refractivity contribution >= 4 is 0 Å². The Bertz CT molecular complexity index is 390. The highest BCUT2D eigenvalue weighted by molar-refractivity contribution is 5.11. The summed E-state index contributed by atoms with van der Waals surface area (Å²) in [4.78, 5) is 0. The van der Waals surface area contributed by atoms with Gasteiger partial charge in [0.2, 0.25) is 5.88 Å². The molecule has 7 heteroatoms. The lowest BCUT2D eigenvalue weighted by molar-refractivity contribution is -0.136. The van der Waals surface area contributed by atoms with Gasteiger partial charge in [-0.1, -0.05) is 0 Å². The van der Waals surface area contributed by atoms with Crippen molar-refractivity contribution in [2.75, 3.05) is 6.61 Å². The lowest BCUT2D eigenvalue weighted by Gasteiger charge is -2.07. The van der Waals surface area contributed by atoms with Crippen molar-refractivity contribution in [2.24, 2.45) is 0 Å². The largest absolute Gasteiger partial charge is 0.477 e. The molecule has 1 N–H and O–H groups in total. The Morgan fingerprint density at radius 3 is 2.63 bits per heavy atom. The third-order valence-corrected chi connectivity index (χ3v) is 2.70. The van der Waals surface area contributed by atoms with Crippen LogP contribution in [0.5, 0.6) is 5.88 Å². The Morgan fingerprint density at radius 2 is 2.05 bits per heavy atom. The number of nitrogens with one attached hydrogen (secondary N) is 1. The molecule has 1 aliphatic carbocycles. The summed E-state index contributed by atoms with van der Waals surface area (Å²) in [6, 6.07) is 3.99. The quantitative estimate of drug-likeness (QED) is 0.776. The number of hydrogen-bond acceptors (Lipinski definition) is 4. The van der Waals surface area contributed by atoms with Gasteiger partial charge in [0.05, 0.1) is 12.3 Å². The zero-order valence-corrected chi connectivity index (χ0v) is 10.4. The van der Waals surface area contributed by atoms with Gasteiger partial charge >= 0.3 is 6.18 Å². The van der Waals surface area contributed by atoms with Gasteiger partial charge in [-0.15, -0.1) is 5.10 Å². The predicted molar refractivity (Wildman–Crippen MR) is 62.7 cm³/mol. The van der Waals surface area contributed by atoms with Gasteiger partial charge in [-0.25, -0.2) is 0 Å². The molecular weight excluding hydrogens is 259 g/mol. The van der Waals surface area contributed by atoms with Crippen LogP contribution < -0.4 is 10.1 Å². The topological polar surface area (TPSA) is 47.0 Å². The van der Waals surface area contributed by atoms with Gasteiger partial charge in [0.1, 0.15) is 0 Å². The van der Waals surface area contributed by atoms with E-state index in [1.807, 2.05) is 0 Å². The van der Waals surface area contributed by atoms with Crippen LogP contribution in [0.3, 0.4) is 0 Å². The predicted octanol–water partition coefficient (Wildman–Crippen LogP) is 2.45. The van der Waals surface area contributed by atoms with E-state index < -0.39 is 12.6 Å². The first kappa shape index (κ1) is 14.0. The summed E-state index contributed by atoms with van der Waals surface area (Å²) >= 11 is 0. The third-order valence-electron chi connectivity index (χ3n) is 2.70. The zero-order valence-electron chi connectivity index (χ0n) is 10.4. The monoisotopic (exact) mass is 275 g/mol. The summed E-state index contributed by atoms with van der Waals surface area (Å²) < 4.78 is 40.8. The van der Waals surface area contributed by atoms with Gasteiger partial charge in [-0.05, 0) is 25.3 Å². The van der Waals surface area contributed by atoms with Crippen molar-refractivity contribution in [3.05, 3.63) is 17.8 Å². The van der Waals surface area contributed by atoms with E-state index in [0.29, 0.717) is 12.6 Å². The molecule has 0 unspecified atom stereocenters. The SMILES string of the molecule is FC(F)(F)CCCOc1ccc(CNC2CC2)nn1. The summed E-state index contributed by atoms with van der Waals surface area (Å²) in [7, 11) is 0. The normalized spacial score (nSPS) is 15.5. The Kier molecular flexibility index (Phi) is 4.57. The highest BCUT2D eigenvalue weighted by Gasteiger charge is 2.26. The fourth-order valence-electron chi connectivity index (χ4n) is 1.50. The molecular formula is C12H16F3N3O. The van der Waals surface area contributed by atoms with Crippen molar-refractivity contribution in [2.45, 2.75) is 44.4 Å². The van der Waals surface area contributed by atoms with Crippen LogP contribution in [0.4, 0.5) is 13.2 Å². The second-order valence-electron chi connectivity index (χ2n) is 4.59. The molecule has 0 spiro atoms. The summed E-state index contributed by atoms with van der Waals surface area (Å²) in [5, 5.41) is 11.1. The van der Waals surface area contributed by atoms with Crippen molar-refractivity contribution in [3.8, 4) is 5.88 Å². The van der Waals surface area contributed by atoms with Crippen LogP contribution in [0, 0.1) is 0 Å². The average molecular weight is 275 g/mol. The molecule has 4 nitrogen and oxygen atoms in total. The second kappa shape index (κ2) is 6.18. The average Bonchev–Trinajstić information content (AvgIpc) is 3.16. The van der Waals surface area contributed by atoms with Crippen molar-refractivity contribution < 1.29 is 17.9 Å². The molecule has 1 aliphatic rings. The molecule has 1 aromatic heterocycles. The van der Waals surface area contributed by atoms with Crippen molar-refractivity contribution in [1.82, 2.24) is 15.5 Å². The summed E-state index contributed by atoms with van der Waals surface area (Å²) in [5.41, 5.74) is 0.801. The van der Waals surface area contributed by atoms with Gasteiger partial charge in [0.15, 0.2) is 0 Å². The van der Waals surface area contributed by atoms with Gasteiger partial charge in [0, 0.05) is 25.1 Å². The molecule has 1 fully saturated rings. The van der Waals surface area contributed by atoms with Crippen LogP contribution in [-0.4, -0.2) is 29.0 Å². The van der Waals surface area contributed by atoms with E-state index in [0.717, 1.165) is 5.69 Å². The molecule has 19 heavy (non-hydrogen) atoms. The lowest BCUT2D eigenvalue weighted by atomic mass is 10.3. The van der Waals surface area contributed by atoms with E-state index in [-0.39, 0.29) is 18.9 Å². The van der Waals surface area contributed by atoms with Gasteiger partial charge in [-0.3, -0.25) is 0 Å². The fourth-order valence-corrected chi connectivity index (χ4v) is 1.50. The first-order chi connectivity index (χ1) is 9.03. The number of rotatable bonds is 7. The lowest BCUT2D eigenvalue weighted by Crippen LogP contribution is -2.16. The van der Waals surface area contributed by atoms with Crippen LogP contribution >= 0.6 is 0 Å². The standard InChI is InChI=1S/C12H16F3N3O/c13-12(14,15)6-1-7-19-11-5-4-10(17-18-11)8-16-9-2-3-9/h4-5,9,16H,1-3,6-8H2. The molecule has 1 aromatic rings. The number of ether oxygens (including phenoxy) is 1. The highest BCUT2D eigenvalue weighted by Crippen LogP contribution is 2.21. The summed E-state index contributed by atoms with van der Waals surface area (Å²) in [5.74, 6) is 0.261. The molecule has 1 heterocycles. The minimum atomic E-state index is -4.13. The maximum atomic E-state index is 11.9. The number of aromatic nitrogens is 2. The third kappa shape index (κ3) is 5.87. The van der Waals surface area contributed by atoms with E-state index in [1.54, 1.807) is 12.1 Å². The molecule has 0 aliphatic heterocycles. The first-order valence-electron chi connectivity index (χ1n) is 6.28. The Labute approximate surface area is 109 Å². The molecule has 0 amide bonds. The molecule has 2 rings (SSSR count). The molecule has 0 aromatic carbocycles. The van der Waals surface area contributed by atoms with Crippen LogP contribution in [0.1, 0.15) is 31.4 Å². The molecule has 0 bridgehead atoms. The Hall–Kier alpha value is -1.37. The molecule has 0 radical (unpaired) electrons. The van der Waals surface area contributed by atoms with Crippen LogP contribution in [0.15, 0.2) is 12.1 Å². The van der Waals surface area contributed by atoms with Crippen LogP contribution in [-0.2, 0) is 6.54 Å². The van der Waals surface area contributed by atoms with Crippen molar-refractivity contribution in [3.63, 3.8) is 0 Å². The maximum Gasteiger partial charge on any atom is 0.389 e. The summed E-state index contributed by atoms with van der Waals surface area (Å²) in [6.07, 6.45) is -2.64. The van der Waals surface area contributed by atoms with Crippen molar-refractivity contribution in [1.29, 1.82) is 0 Å². The molecule has 1 saturated carbocycles. The van der Waals surface area contributed by atoms with Gasteiger partial charge in [-0.2, -0.15) is 18.3 Å². The van der Waals surface area contributed by atoms with E-state index in [9.17, 15) is 13.2 Å². The Morgan fingerprint density at radius 1 is 1.26 bits per heavy atom. The number of alkyl halides is 3. The maximum absolute atomic E-state index is 11.9. The molecule has 106 valence electrons. The number of hydrogen-bond donors (Lipinski definition) is 1. The zero-order chi connectivity index (χ0) is 13.7. The van der Waals surface area contributed by atoms with E-state index >= 15 is 0 Å². The second-order valence-corrected chi connectivity index (χ2v) is 4.59. The molecule has 0 atom stereocenters. The van der Waals surface area contributed by atoms with Gasteiger partial charge in [0.25, 0.3) is 0 Å². The van der Waals surface area contributed by atoms with E-state index in [1.165, 1.54) is 12.8 Å². The minimum absolute atomic E-state index is 0.00609. The number of nitrogens with zero attached hydrogens (tertiary/aromatic N) is 2. The van der Waals surface area contributed by atoms with Gasteiger partial charge < -0.3 is 10.1 Å². The Balaban J connectivity index is 1.66. The smallest absolute Gasteiger partial charge is 0.389 e. The van der Waals surface area contributed by atoms with Crippen LogP contribution in [0.2, 0.25) is 0 Å². The first-order valence-corrected chi connectivity index (χ1v) is 6.28. The number of halogens is 3. The fraction of sp³-hybridized carbons (Fsp3) is 0.667. The highest BCUT2D eigenvalue weighted by atomic mass is 19.4. The van der Waals surface area contributed by atoms with E-state index in [4.69, 9.17) is 4.74 Å². The minimum Gasteiger partial charge on any atom is -0.477 e. The molecule has 0 saturated heterocycles. The summed E-state index contributed by atoms with van der Waals surface area (Å²) in [6.45, 7) is 0.653. The van der Waals surface area contributed by atoms with E-state index in [2.05, 4.69) is 15.5 Å². The van der Waals surface area contributed by atoms with Crippen LogP contribution in [0.25, 0.3) is 0 Å².